The maximum atomic E-state index is 12.4. The number of hydrogen-bond acceptors (Lipinski definition) is 8. The molecule has 2 heterocycles. The number of esters is 1. The minimum absolute atomic E-state index is 0.218. The van der Waals surface area contributed by atoms with Crippen LogP contribution >= 0.6 is 11.8 Å². The molecule has 7 nitrogen and oxygen atoms in total. The monoisotopic (exact) mass is 486 g/mol. The zero-order valence-electron chi connectivity index (χ0n) is 19.3. The van der Waals surface area contributed by atoms with E-state index >= 15 is 0 Å². The van der Waals surface area contributed by atoms with Crippen molar-refractivity contribution < 1.29 is 33.6 Å². The van der Waals surface area contributed by atoms with Crippen molar-refractivity contribution in [3.63, 3.8) is 0 Å². The largest absolute Gasteiger partial charge is 0.467 e. The highest BCUT2D eigenvalue weighted by Crippen LogP contribution is 2.42. The van der Waals surface area contributed by atoms with E-state index in [4.69, 9.17) is 23.7 Å². The molecule has 182 valence electrons. The molecule has 0 amide bonds. The predicted octanol–water partition coefficient (Wildman–Crippen LogP) is 3.80. The average Bonchev–Trinajstić information content (AvgIpc) is 2.85. The molecule has 5 atom stereocenters. The van der Waals surface area contributed by atoms with Crippen LogP contribution in [0.15, 0.2) is 71.3 Å². The van der Waals surface area contributed by atoms with Gasteiger partial charge in [-0.15, -0.1) is 11.8 Å². The van der Waals surface area contributed by atoms with Crippen molar-refractivity contribution >= 4 is 17.7 Å². The second-order valence-corrected chi connectivity index (χ2v) is 9.29. The van der Waals surface area contributed by atoms with Crippen LogP contribution in [-0.2, 0) is 41.7 Å². The number of thioether (sulfide) groups is 1. The van der Waals surface area contributed by atoms with Gasteiger partial charge < -0.3 is 28.8 Å². The van der Waals surface area contributed by atoms with Gasteiger partial charge in [-0.2, -0.15) is 0 Å². The van der Waals surface area contributed by atoms with E-state index in [1.807, 2.05) is 60.7 Å². The molecule has 34 heavy (non-hydrogen) atoms. The van der Waals surface area contributed by atoms with Gasteiger partial charge in [0, 0.05) is 0 Å². The van der Waals surface area contributed by atoms with Crippen molar-refractivity contribution in [1.29, 1.82) is 0 Å². The lowest BCUT2D eigenvalue weighted by Gasteiger charge is -2.45. The van der Waals surface area contributed by atoms with Crippen molar-refractivity contribution in [2.75, 3.05) is 13.2 Å². The molecular formula is C26H30O7S. The highest BCUT2D eigenvalue weighted by Gasteiger charge is 2.50. The molecule has 0 radical (unpaired) electrons. The SMILES string of the molecule is CCOC(=O)C1=C(C)O[C@H]2O[C@H](COCc3ccccc3)[C@@H](OCc3ccccc3)[C@H](O)[C@H]2S1. The molecule has 1 N–H and O–H groups in total. The Kier molecular flexibility index (Phi) is 8.64. The standard InChI is InChI=1S/C26H30O7S/c1-3-30-25(28)23-17(2)32-26-24(34-23)21(27)22(31-15-19-12-8-5-9-13-19)20(33-26)16-29-14-18-10-6-4-7-11-18/h4-13,20-22,24,26-27H,3,14-16H2,1-2H3/t20-,21+,22-,24-,26+/m1/s1. The fourth-order valence-corrected chi connectivity index (χ4v) is 5.09. The molecule has 2 aromatic rings. The van der Waals surface area contributed by atoms with Gasteiger partial charge in [-0.05, 0) is 25.0 Å². The third kappa shape index (κ3) is 6.00. The van der Waals surface area contributed by atoms with Gasteiger partial charge in [0.05, 0.1) is 26.4 Å². The maximum Gasteiger partial charge on any atom is 0.348 e. The van der Waals surface area contributed by atoms with Crippen molar-refractivity contribution in [2.45, 2.75) is 56.9 Å². The Morgan fingerprint density at radius 1 is 1.03 bits per heavy atom. The van der Waals surface area contributed by atoms with E-state index in [9.17, 15) is 9.90 Å². The predicted molar refractivity (Wildman–Crippen MR) is 128 cm³/mol. The number of rotatable bonds is 9. The van der Waals surface area contributed by atoms with Gasteiger partial charge in [-0.1, -0.05) is 60.7 Å². The van der Waals surface area contributed by atoms with Crippen LogP contribution in [0.3, 0.4) is 0 Å². The van der Waals surface area contributed by atoms with Crippen LogP contribution < -0.4 is 0 Å². The Labute approximate surface area is 204 Å². The van der Waals surface area contributed by atoms with E-state index < -0.39 is 35.8 Å². The molecule has 8 heteroatoms. The number of aliphatic hydroxyl groups excluding tert-OH is 1. The molecule has 0 aliphatic carbocycles. The van der Waals surface area contributed by atoms with Gasteiger partial charge >= 0.3 is 5.97 Å². The lowest BCUT2D eigenvalue weighted by Crippen LogP contribution is -2.59. The molecule has 2 aromatic carbocycles. The topological polar surface area (TPSA) is 83.5 Å². The zero-order chi connectivity index (χ0) is 23.9. The number of ether oxygens (including phenoxy) is 5. The molecule has 2 aliphatic rings. The summed E-state index contributed by atoms with van der Waals surface area (Å²) in [5.74, 6) is -0.0461. The summed E-state index contributed by atoms with van der Waals surface area (Å²) in [4.78, 5) is 12.7. The number of fused-ring (bicyclic) bond motifs is 1. The van der Waals surface area contributed by atoms with Gasteiger partial charge in [-0.3, -0.25) is 0 Å². The Balaban J connectivity index is 1.48. The smallest absolute Gasteiger partial charge is 0.348 e. The molecule has 1 fully saturated rings. The molecule has 0 aromatic heterocycles. The lowest BCUT2D eigenvalue weighted by molar-refractivity contribution is -0.257. The molecule has 0 bridgehead atoms. The molecule has 1 saturated heterocycles. The molecule has 0 spiro atoms. The lowest BCUT2D eigenvalue weighted by atomic mass is 10.0. The van der Waals surface area contributed by atoms with Crippen LogP contribution in [0.4, 0.5) is 0 Å². The van der Waals surface area contributed by atoms with Crippen molar-refractivity contribution in [2.24, 2.45) is 0 Å². The quantitative estimate of drug-likeness (QED) is 0.536. The highest BCUT2D eigenvalue weighted by atomic mass is 32.2. The first-order valence-electron chi connectivity index (χ1n) is 11.4. The van der Waals surface area contributed by atoms with Crippen LogP contribution in [0.1, 0.15) is 25.0 Å². The van der Waals surface area contributed by atoms with Crippen LogP contribution in [-0.4, -0.2) is 54.1 Å². The zero-order valence-corrected chi connectivity index (χ0v) is 20.1. The van der Waals surface area contributed by atoms with Gasteiger partial charge in [0.15, 0.2) is 0 Å². The first kappa shape index (κ1) is 24.8. The normalized spacial score (nSPS) is 26.5. The summed E-state index contributed by atoms with van der Waals surface area (Å²) < 4.78 is 29.4. The number of carbonyl (C=O) groups is 1. The first-order chi connectivity index (χ1) is 16.6. The summed E-state index contributed by atoms with van der Waals surface area (Å²) in [6.45, 7) is 4.64. The molecule has 4 rings (SSSR count). The summed E-state index contributed by atoms with van der Waals surface area (Å²) in [6, 6.07) is 19.6. The fraction of sp³-hybridized carbons (Fsp3) is 0.423. The fourth-order valence-electron chi connectivity index (χ4n) is 3.92. The maximum absolute atomic E-state index is 12.4. The van der Waals surface area contributed by atoms with Crippen molar-refractivity contribution in [3.8, 4) is 0 Å². The summed E-state index contributed by atoms with van der Waals surface area (Å²) in [6.07, 6.45) is -2.91. The highest BCUT2D eigenvalue weighted by molar-refractivity contribution is 8.04. The molecule has 0 saturated carbocycles. The summed E-state index contributed by atoms with van der Waals surface area (Å²) in [7, 11) is 0. The Morgan fingerprint density at radius 3 is 2.32 bits per heavy atom. The minimum Gasteiger partial charge on any atom is -0.467 e. The Bertz CT molecular complexity index is 966. The van der Waals surface area contributed by atoms with Gasteiger partial charge in [0.2, 0.25) is 6.29 Å². The molecule has 2 aliphatic heterocycles. The van der Waals surface area contributed by atoms with Crippen LogP contribution in [0.25, 0.3) is 0 Å². The third-order valence-corrected chi connectivity index (χ3v) is 7.09. The summed E-state index contributed by atoms with van der Waals surface area (Å²) in [5, 5.41) is 10.8. The molecule has 0 unspecified atom stereocenters. The summed E-state index contributed by atoms with van der Waals surface area (Å²) in [5.41, 5.74) is 2.03. The van der Waals surface area contributed by atoms with E-state index in [1.165, 1.54) is 11.8 Å². The van der Waals surface area contributed by atoms with E-state index in [1.54, 1.807) is 13.8 Å². The third-order valence-electron chi connectivity index (χ3n) is 5.62. The van der Waals surface area contributed by atoms with E-state index in [2.05, 4.69) is 0 Å². The van der Waals surface area contributed by atoms with E-state index in [0.29, 0.717) is 23.9 Å². The van der Waals surface area contributed by atoms with Gasteiger partial charge in [0.1, 0.15) is 34.2 Å². The number of aliphatic hydroxyl groups is 1. The second kappa shape index (κ2) is 11.9. The van der Waals surface area contributed by atoms with Gasteiger partial charge in [-0.25, -0.2) is 4.79 Å². The van der Waals surface area contributed by atoms with E-state index in [-0.39, 0.29) is 13.2 Å². The van der Waals surface area contributed by atoms with Crippen LogP contribution in [0.5, 0.6) is 0 Å². The molecular weight excluding hydrogens is 456 g/mol. The van der Waals surface area contributed by atoms with Crippen LogP contribution in [0.2, 0.25) is 0 Å². The number of hydrogen-bond donors (Lipinski definition) is 1. The van der Waals surface area contributed by atoms with Gasteiger partial charge in [0.25, 0.3) is 0 Å². The Morgan fingerprint density at radius 2 is 1.68 bits per heavy atom. The van der Waals surface area contributed by atoms with Crippen molar-refractivity contribution in [1.82, 2.24) is 0 Å². The van der Waals surface area contributed by atoms with E-state index in [0.717, 1.165) is 11.1 Å². The summed E-state index contributed by atoms with van der Waals surface area (Å²) >= 11 is 1.21. The average molecular weight is 487 g/mol. The number of carbonyl (C=O) groups excluding carboxylic acids is 1. The minimum atomic E-state index is -0.949. The van der Waals surface area contributed by atoms with Crippen molar-refractivity contribution in [3.05, 3.63) is 82.5 Å². The first-order valence-corrected chi connectivity index (χ1v) is 12.3. The number of allylic oxidation sites excluding steroid dienone is 1. The number of benzene rings is 2. The second-order valence-electron chi connectivity index (χ2n) is 8.10. The Hall–Kier alpha value is -2.36. The van der Waals surface area contributed by atoms with Crippen LogP contribution in [0, 0.1) is 0 Å².